The highest BCUT2D eigenvalue weighted by Gasteiger charge is 2.24. The van der Waals surface area contributed by atoms with E-state index >= 15 is 0 Å². The topological polar surface area (TPSA) is 67.2 Å². The lowest BCUT2D eigenvalue weighted by Gasteiger charge is -2.25. The first-order valence-corrected chi connectivity index (χ1v) is 8.65. The average molecular weight is 305 g/mol. The second kappa shape index (κ2) is 6.82. The minimum Gasteiger partial charge on any atom is -0.393 e. The molecule has 2 atom stereocenters. The van der Waals surface area contributed by atoms with Gasteiger partial charge in [0.2, 0.25) is 0 Å². The van der Waals surface area contributed by atoms with Crippen molar-refractivity contribution < 1.29 is 9.90 Å². The normalized spacial score (nSPS) is 26.3. The molecule has 5 heteroatoms. The Bertz CT molecular complexity index is 520. The van der Waals surface area contributed by atoms with Crippen LogP contribution in [-0.4, -0.2) is 33.4 Å². The molecule has 2 aliphatic carbocycles. The lowest BCUT2D eigenvalue weighted by Crippen LogP contribution is -2.33. The molecule has 0 saturated heterocycles. The fraction of sp³-hybridized carbons (Fsp3) is 0.765. The first-order chi connectivity index (χ1) is 10.6. The molecule has 0 aliphatic heterocycles. The molecule has 22 heavy (non-hydrogen) atoms. The number of aliphatic hydroxyl groups is 1. The largest absolute Gasteiger partial charge is 0.393 e. The first-order valence-electron chi connectivity index (χ1n) is 8.65. The van der Waals surface area contributed by atoms with Crippen LogP contribution in [0.15, 0.2) is 6.20 Å². The molecule has 122 valence electrons. The van der Waals surface area contributed by atoms with Gasteiger partial charge in [0.25, 0.3) is 5.91 Å². The summed E-state index contributed by atoms with van der Waals surface area (Å²) in [5, 5.41) is 17.2. The zero-order valence-electron chi connectivity index (χ0n) is 13.4. The van der Waals surface area contributed by atoms with E-state index in [1.54, 1.807) is 6.20 Å². The molecule has 0 radical (unpaired) electrons. The smallest absolute Gasteiger partial charge is 0.254 e. The van der Waals surface area contributed by atoms with Gasteiger partial charge in [-0.3, -0.25) is 9.48 Å². The van der Waals surface area contributed by atoms with Gasteiger partial charge in [-0.15, -0.1) is 0 Å². The van der Waals surface area contributed by atoms with E-state index < -0.39 is 0 Å². The molecule has 1 aromatic rings. The van der Waals surface area contributed by atoms with Crippen molar-refractivity contribution in [2.24, 2.45) is 5.92 Å². The van der Waals surface area contributed by atoms with Crippen LogP contribution < -0.4 is 5.32 Å². The van der Waals surface area contributed by atoms with Gasteiger partial charge in [-0.2, -0.15) is 5.10 Å². The number of rotatable bonds is 4. The van der Waals surface area contributed by atoms with Crippen LogP contribution in [0.3, 0.4) is 0 Å². The van der Waals surface area contributed by atoms with Gasteiger partial charge in [-0.05, 0) is 44.9 Å². The molecule has 2 fully saturated rings. The molecule has 0 spiro atoms. The number of aliphatic hydroxyl groups excluding tert-OH is 1. The number of aromatic nitrogens is 2. The standard InChI is InChI=1S/C17H27N3O2/c1-12-16(11-19-20(12)14-6-2-3-7-14)17(22)18-10-13-5-4-8-15(21)9-13/h11,13-15,21H,2-10H2,1H3,(H,18,22). The molecule has 1 aromatic heterocycles. The fourth-order valence-corrected chi connectivity index (χ4v) is 3.94. The Kier molecular flexibility index (Phi) is 4.81. The van der Waals surface area contributed by atoms with Crippen molar-refractivity contribution in [1.82, 2.24) is 15.1 Å². The van der Waals surface area contributed by atoms with E-state index in [0.717, 1.165) is 31.4 Å². The third-order valence-corrected chi connectivity index (χ3v) is 5.27. The minimum absolute atomic E-state index is 0.0261. The molecular weight excluding hydrogens is 278 g/mol. The quantitative estimate of drug-likeness (QED) is 0.898. The van der Waals surface area contributed by atoms with Crippen LogP contribution in [0.5, 0.6) is 0 Å². The number of nitrogens with one attached hydrogen (secondary N) is 1. The molecule has 0 bridgehead atoms. The maximum Gasteiger partial charge on any atom is 0.254 e. The molecular formula is C17H27N3O2. The van der Waals surface area contributed by atoms with Crippen LogP contribution in [0.4, 0.5) is 0 Å². The Morgan fingerprint density at radius 1 is 1.32 bits per heavy atom. The van der Waals surface area contributed by atoms with Gasteiger partial charge in [0.1, 0.15) is 0 Å². The van der Waals surface area contributed by atoms with E-state index in [-0.39, 0.29) is 12.0 Å². The summed E-state index contributed by atoms with van der Waals surface area (Å²) >= 11 is 0. The highest BCUT2D eigenvalue weighted by atomic mass is 16.3. The number of nitrogens with zero attached hydrogens (tertiary/aromatic N) is 2. The van der Waals surface area contributed by atoms with E-state index in [9.17, 15) is 9.90 Å². The molecule has 1 heterocycles. The molecule has 2 N–H and O–H groups in total. The summed E-state index contributed by atoms with van der Waals surface area (Å²) in [5.74, 6) is 0.375. The van der Waals surface area contributed by atoms with Crippen molar-refractivity contribution in [3.63, 3.8) is 0 Å². The maximum atomic E-state index is 12.4. The Morgan fingerprint density at radius 3 is 2.82 bits per heavy atom. The van der Waals surface area contributed by atoms with Gasteiger partial charge in [-0.25, -0.2) is 0 Å². The Balaban J connectivity index is 1.58. The van der Waals surface area contributed by atoms with Gasteiger partial charge in [-0.1, -0.05) is 19.3 Å². The van der Waals surface area contributed by atoms with Crippen molar-refractivity contribution in [3.8, 4) is 0 Å². The molecule has 1 amide bonds. The van der Waals surface area contributed by atoms with Crippen molar-refractivity contribution in [2.45, 2.75) is 70.4 Å². The molecule has 2 unspecified atom stereocenters. The average Bonchev–Trinajstić information content (AvgIpc) is 3.14. The fourth-order valence-electron chi connectivity index (χ4n) is 3.94. The van der Waals surface area contributed by atoms with Crippen molar-refractivity contribution in [2.75, 3.05) is 6.54 Å². The van der Waals surface area contributed by atoms with Crippen molar-refractivity contribution in [3.05, 3.63) is 17.5 Å². The summed E-state index contributed by atoms with van der Waals surface area (Å²) in [4.78, 5) is 12.4. The van der Waals surface area contributed by atoms with Gasteiger partial charge in [0.05, 0.1) is 23.9 Å². The summed E-state index contributed by atoms with van der Waals surface area (Å²) in [6.45, 7) is 2.65. The van der Waals surface area contributed by atoms with E-state index in [2.05, 4.69) is 10.4 Å². The van der Waals surface area contributed by atoms with Crippen LogP contribution >= 0.6 is 0 Å². The summed E-state index contributed by atoms with van der Waals surface area (Å²) in [5.41, 5.74) is 1.68. The van der Waals surface area contributed by atoms with Gasteiger partial charge in [0.15, 0.2) is 0 Å². The van der Waals surface area contributed by atoms with E-state index in [0.29, 0.717) is 24.1 Å². The number of carbonyl (C=O) groups is 1. The van der Waals surface area contributed by atoms with Crippen LogP contribution in [0.2, 0.25) is 0 Å². The molecule has 0 aromatic carbocycles. The van der Waals surface area contributed by atoms with E-state index in [4.69, 9.17) is 0 Å². The minimum atomic E-state index is -0.192. The Hall–Kier alpha value is -1.36. The van der Waals surface area contributed by atoms with Gasteiger partial charge >= 0.3 is 0 Å². The summed E-state index contributed by atoms with van der Waals surface area (Å²) in [7, 11) is 0. The second-order valence-corrected chi connectivity index (χ2v) is 6.92. The summed E-state index contributed by atoms with van der Waals surface area (Å²) in [6, 6.07) is 0.468. The second-order valence-electron chi connectivity index (χ2n) is 6.92. The van der Waals surface area contributed by atoms with Crippen LogP contribution in [0, 0.1) is 12.8 Å². The molecule has 2 aliphatic rings. The molecule has 3 rings (SSSR count). The van der Waals surface area contributed by atoms with Gasteiger partial charge in [0, 0.05) is 12.2 Å². The number of carbonyl (C=O) groups excluding carboxylic acids is 1. The predicted molar refractivity (Wildman–Crippen MR) is 84.8 cm³/mol. The first kappa shape index (κ1) is 15.5. The number of hydrogen-bond donors (Lipinski definition) is 2. The van der Waals surface area contributed by atoms with E-state index in [1.807, 2.05) is 11.6 Å². The SMILES string of the molecule is Cc1c(C(=O)NCC2CCCC(O)C2)cnn1C1CCCC1. The third-order valence-electron chi connectivity index (χ3n) is 5.27. The maximum absolute atomic E-state index is 12.4. The number of amides is 1. The Labute approximate surface area is 132 Å². The lowest BCUT2D eigenvalue weighted by atomic mass is 9.87. The number of hydrogen-bond acceptors (Lipinski definition) is 3. The highest BCUT2D eigenvalue weighted by Crippen LogP contribution is 2.30. The zero-order valence-corrected chi connectivity index (χ0v) is 13.4. The van der Waals surface area contributed by atoms with Crippen LogP contribution in [0.1, 0.15) is 73.5 Å². The van der Waals surface area contributed by atoms with Gasteiger partial charge < -0.3 is 10.4 Å². The Morgan fingerprint density at radius 2 is 2.09 bits per heavy atom. The van der Waals surface area contributed by atoms with Crippen LogP contribution in [0.25, 0.3) is 0 Å². The summed E-state index contributed by atoms with van der Waals surface area (Å²) < 4.78 is 2.03. The van der Waals surface area contributed by atoms with Crippen LogP contribution in [-0.2, 0) is 0 Å². The third kappa shape index (κ3) is 3.35. The molecule has 5 nitrogen and oxygen atoms in total. The lowest BCUT2D eigenvalue weighted by molar-refractivity contribution is 0.0873. The van der Waals surface area contributed by atoms with Crippen molar-refractivity contribution >= 4 is 5.91 Å². The highest BCUT2D eigenvalue weighted by molar-refractivity contribution is 5.95. The van der Waals surface area contributed by atoms with E-state index in [1.165, 1.54) is 25.7 Å². The van der Waals surface area contributed by atoms with Crippen molar-refractivity contribution in [1.29, 1.82) is 0 Å². The molecule has 2 saturated carbocycles. The zero-order chi connectivity index (χ0) is 15.5. The summed E-state index contributed by atoms with van der Waals surface area (Å²) in [6.07, 6.45) is 10.2. The monoisotopic (exact) mass is 305 g/mol. The predicted octanol–water partition coefficient (Wildman–Crippen LogP) is 2.59.